The van der Waals surface area contributed by atoms with Crippen LogP contribution in [0.15, 0.2) is 24.3 Å². The summed E-state index contributed by atoms with van der Waals surface area (Å²) in [4.78, 5) is 22.7. The minimum Gasteiger partial charge on any atom is -0.355 e. The number of likely N-dealkylation sites (N-methyl/N-ethyl adjacent to an activating group) is 1. The molecule has 1 aromatic carbocycles. The molecule has 1 rings (SSSR count). The normalized spacial score (nSPS) is 11.8. The average Bonchev–Trinajstić information content (AvgIpc) is 2.43. The summed E-state index contributed by atoms with van der Waals surface area (Å²) in [5, 5.41) is 8.93. The van der Waals surface area contributed by atoms with Crippen LogP contribution in [0.2, 0.25) is 5.02 Å². The topological polar surface area (TPSA) is 70.2 Å². The number of carbonyl (C=O) groups excluding carboxylic acids is 2. The lowest BCUT2D eigenvalue weighted by atomic mass is 10.1. The van der Waals surface area contributed by atoms with E-state index in [0.717, 1.165) is 5.56 Å². The summed E-state index contributed by atoms with van der Waals surface area (Å²) in [6, 6.07) is 7.47. The Morgan fingerprint density at radius 3 is 2.30 bits per heavy atom. The van der Waals surface area contributed by atoms with Gasteiger partial charge < -0.3 is 16.0 Å². The molecule has 1 atom stereocenters. The van der Waals surface area contributed by atoms with Crippen molar-refractivity contribution in [3.8, 4) is 0 Å². The van der Waals surface area contributed by atoms with Gasteiger partial charge in [-0.15, -0.1) is 0 Å². The number of halogens is 1. The van der Waals surface area contributed by atoms with Gasteiger partial charge >= 0.3 is 0 Å². The van der Waals surface area contributed by atoms with Gasteiger partial charge in [0.25, 0.3) is 0 Å². The Labute approximate surface area is 124 Å². The highest BCUT2D eigenvalue weighted by Crippen LogP contribution is 2.15. The molecular weight excluding hydrogens is 278 g/mol. The minimum atomic E-state index is -0.211. The number of rotatable bonds is 7. The lowest BCUT2D eigenvalue weighted by Crippen LogP contribution is -2.41. The molecule has 0 saturated carbocycles. The fourth-order valence-corrected chi connectivity index (χ4v) is 1.74. The van der Waals surface area contributed by atoms with Crippen LogP contribution in [0.5, 0.6) is 0 Å². The Bertz CT molecular complexity index is 448. The largest absolute Gasteiger partial charge is 0.355 e. The number of nitrogens with one attached hydrogen (secondary N) is 3. The first-order valence-electron chi connectivity index (χ1n) is 6.55. The SMILES string of the molecule is CCNC(=O)CNC(=O)CN[C@H](C)c1ccc(Cl)cc1. The Kier molecular flexibility index (Phi) is 7.04. The third-order valence-electron chi connectivity index (χ3n) is 2.76. The van der Waals surface area contributed by atoms with E-state index in [0.29, 0.717) is 11.6 Å². The summed E-state index contributed by atoms with van der Waals surface area (Å²) < 4.78 is 0. The number of carbonyl (C=O) groups is 2. The van der Waals surface area contributed by atoms with Gasteiger partial charge in [0.1, 0.15) is 0 Å². The Morgan fingerprint density at radius 1 is 1.10 bits per heavy atom. The molecule has 6 heteroatoms. The molecule has 5 nitrogen and oxygen atoms in total. The molecule has 0 aliphatic carbocycles. The van der Waals surface area contributed by atoms with Gasteiger partial charge in [-0.3, -0.25) is 9.59 Å². The van der Waals surface area contributed by atoms with E-state index in [-0.39, 0.29) is 30.9 Å². The predicted molar refractivity (Wildman–Crippen MR) is 79.6 cm³/mol. The first-order chi connectivity index (χ1) is 9.52. The second kappa shape index (κ2) is 8.55. The van der Waals surface area contributed by atoms with Crippen molar-refractivity contribution in [2.75, 3.05) is 19.6 Å². The fraction of sp³-hybridized carbons (Fsp3) is 0.429. The van der Waals surface area contributed by atoms with Crippen LogP contribution >= 0.6 is 11.6 Å². The van der Waals surface area contributed by atoms with Gasteiger partial charge in [0.15, 0.2) is 0 Å². The molecule has 0 aromatic heterocycles. The molecule has 0 fully saturated rings. The van der Waals surface area contributed by atoms with E-state index in [1.807, 2.05) is 38.1 Å². The molecule has 0 spiro atoms. The maximum atomic E-state index is 11.6. The first kappa shape index (κ1) is 16.5. The molecule has 110 valence electrons. The number of benzene rings is 1. The number of hydrogen-bond donors (Lipinski definition) is 3. The summed E-state index contributed by atoms with van der Waals surface area (Å²) >= 11 is 5.82. The van der Waals surface area contributed by atoms with E-state index < -0.39 is 0 Å². The Balaban J connectivity index is 2.30. The number of hydrogen-bond acceptors (Lipinski definition) is 3. The molecule has 0 aliphatic heterocycles. The van der Waals surface area contributed by atoms with Crippen molar-refractivity contribution < 1.29 is 9.59 Å². The van der Waals surface area contributed by atoms with Crippen molar-refractivity contribution >= 4 is 23.4 Å². The molecule has 0 aliphatic rings. The van der Waals surface area contributed by atoms with Crippen molar-refractivity contribution in [3.63, 3.8) is 0 Å². The highest BCUT2D eigenvalue weighted by atomic mass is 35.5. The van der Waals surface area contributed by atoms with E-state index in [4.69, 9.17) is 11.6 Å². The van der Waals surface area contributed by atoms with Crippen LogP contribution in [-0.2, 0) is 9.59 Å². The third kappa shape index (κ3) is 6.04. The highest BCUT2D eigenvalue weighted by molar-refractivity contribution is 6.30. The maximum Gasteiger partial charge on any atom is 0.239 e. The van der Waals surface area contributed by atoms with Gasteiger partial charge in [0.2, 0.25) is 11.8 Å². The maximum absolute atomic E-state index is 11.6. The Morgan fingerprint density at radius 2 is 1.70 bits per heavy atom. The molecular formula is C14H20ClN3O2. The van der Waals surface area contributed by atoms with E-state index in [1.54, 1.807) is 0 Å². The molecule has 2 amide bonds. The van der Waals surface area contributed by atoms with Crippen molar-refractivity contribution in [2.24, 2.45) is 0 Å². The summed E-state index contributed by atoms with van der Waals surface area (Å²) in [5.74, 6) is -0.399. The second-order valence-corrected chi connectivity index (χ2v) is 4.82. The van der Waals surface area contributed by atoms with Crippen LogP contribution < -0.4 is 16.0 Å². The summed E-state index contributed by atoms with van der Waals surface area (Å²) in [6.07, 6.45) is 0. The van der Waals surface area contributed by atoms with Crippen molar-refractivity contribution in [1.82, 2.24) is 16.0 Å². The van der Waals surface area contributed by atoms with E-state index in [9.17, 15) is 9.59 Å². The molecule has 3 N–H and O–H groups in total. The summed E-state index contributed by atoms with van der Waals surface area (Å²) in [7, 11) is 0. The predicted octanol–water partition coefficient (Wildman–Crippen LogP) is 1.24. The zero-order chi connectivity index (χ0) is 15.0. The Hall–Kier alpha value is -1.59. The standard InChI is InChI=1S/C14H20ClN3O2/c1-3-16-13(19)9-18-14(20)8-17-10(2)11-4-6-12(15)7-5-11/h4-7,10,17H,3,8-9H2,1-2H3,(H,16,19)(H,18,20)/t10-/m1/s1. The lowest BCUT2D eigenvalue weighted by molar-refractivity contribution is -0.125. The zero-order valence-electron chi connectivity index (χ0n) is 11.7. The van der Waals surface area contributed by atoms with E-state index >= 15 is 0 Å². The van der Waals surface area contributed by atoms with Crippen molar-refractivity contribution in [3.05, 3.63) is 34.9 Å². The second-order valence-electron chi connectivity index (χ2n) is 4.38. The fourth-order valence-electron chi connectivity index (χ4n) is 1.62. The van der Waals surface area contributed by atoms with Crippen molar-refractivity contribution in [2.45, 2.75) is 19.9 Å². The monoisotopic (exact) mass is 297 g/mol. The molecule has 0 heterocycles. The van der Waals surface area contributed by atoms with Crippen LogP contribution in [0, 0.1) is 0 Å². The molecule has 20 heavy (non-hydrogen) atoms. The van der Waals surface area contributed by atoms with E-state index in [2.05, 4.69) is 16.0 Å². The van der Waals surface area contributed by atoms with Crippen LogP contribution in [-0.4, -0.2) is 31.4 Å². The van der Waals surface area contributed by atoms with Crippen LogP contribution in [0.4, 0.5) is 0 Å². The summed E-state index contributed by atoms with van der Waals surface area (Å²) in [6.45, 7) is 4.50. The minimum absolute atomic E-state index is 0.00365. The average molecular weight is 298 g/mol. The molecule has 0 saturated heterocycles. The van der Waals surface area contributed by atoms with Gasteiger partial charge in [-0.2, -0.15) is 0 Å². The number of amides is 2. The van der Waals surface area contributed by atoms with Crippen LogP contribution in [0.3, 0.4) is 0 Å². The highest BCUT2D eigenvalue weighted by Gasteiger charge is 2.08. The van der Waals surface area contributed by atoms with Gasteiger partial charge in [0.05, 0.1) is 13.1 Å². The molecule has 0 unspecified atom stereocenters. The molecule has 1 aromatic rings. The van der Waals surface area contributed by atoms with Crippen molar-refractivity contribution in [1.29, 1.82) is 0 Å². The molecule has 0 bridgehead atoms. The van der Waals surface area contributed by atoms with Crippen LogP contribution in [0.1, 0.15) is 25.5 Å². The zero-order valence-corrected chi connectivity index (χ0v) is 12.5. The van der Waals surface area contributed by atoms with Gasteiger partial charge in [-0.1, -0.05) is 23.7 Å². The quantitative estimate of drug-likeness (QED) is 0.709. The summed E-state index contributed by atoms with van der Waals surface area (Å²) in [5.41, 5.74) is 1.05. The molecule has 0 radical (unpaired) electrons. The van der Waals surface area contributed by atoms with E-state index in [1.165, 1.54) is 0 Å². The van der Waals surface area contributed by atoms with Gasteiger partial charge in [-0.05, 0) is 31.5 Å². The van der Waals surface area contributed by atoms with Gasteiger partial charge in [-0.25, -0.2) is 0 Å². The van der Waals surface area contributed by atoms with Gasteiger partial charge in [0, 0.05) is 17.6 Å². The smallest absolute Gasteiger partial charge is 0.239 e. The van der Waals surface area contributed by atoms with Crippen LogP contribution in [0.25, 0.3) is 0 Å². The third-order valence-corrected chi connectivity index (χ3v) is 3.01. The lowest BCUT2D eigenvalue weighted by Gasteiger charge is -2.14. The first-order valence-corrected chi connectivity index (χ1v) is 6.93.